The third kappa shape index (κ3) is 5.15. The van der Waals surface area contributed by atoms with Gasteiger partial charge in [0.15, 0.2) is 23.1 Å². The van der Waals surface area contributed by atoms with Crippen LogP contribution in [0.5, 0.6) is 0 Å². The van der Waals surface area contributed by atoms with Crippen LogP contribution in [0.3, 0.4) is 0 Å². The number of hydrogen-bond acceptors (Lipinski definition) is 5. The molecule has 0 bridgehead atoms. The molecule has 292 valence electrons. The average molecular weight is 805 g/mol. The van der Waals surface area contributed by atoms with Crippen molar-refractivity contribution in [2.75, 3.05) is 0 Å². The van der Waals surface area contributed by atoms with Crippen molar-refractivity contribution in [3.05, 3.63) is 194 Å². The highest BCUT2D eigenvalue weighted by Crippen LogP contribution is 2.44. The Hall–Kier alpha value is -8.61. The SMILES string of the molecule is c1ccc2cc(-c3nc(-c4ccc5c(c4)oc4ccccc45)nc(-c4ccc5c(oc6ccccc65)c4-n4c5cc6ccccc6cc5c5cc6ccccc6cc54)n3)ccc2c1. The van der Waals surface area contributed by atoms with Crippen LogP contribution in [0.15, 0.2) is 203 Å². The van der Waals surface area contributed by atoms with Crippen molar-refractivity contribution >= 4 is 98.0 Å². The van der Waals surface area contributed by atoms with E-state index in [9.17, 15) is 0 Å². The second kappa shape index (κ2) is 12.9. The van der Waals surface area contributed by atoms with Crippen LogP contribution in [0.1, 0.15) is 0 Å². The highest BCUT2D eigenvalue weighted by molar-refractivity contribution is 6.19. The van der Waals surface area contributed by atoms with Crippen molar-refractivity contribution < 1.29 is 8.83 Å². The Morgan fingerprint density at radius 1 is 0.317 bits per heavy atom. The summed E-state index contributed by atoms with van der Waals surface area (Å²) in [7, 11) is 0. The number of aromatic nitrogens is 4. The molecular formula is C57H32N4O2. The maximum absolute atomic E-state index is 6.99. The zero-order valence-corrected chi connectivity index (χ0v) is 33.6. The van der Waals surface area contributed by atoms with Gasteiger partial charge in [-0.15, -0.1) is 0 Å². The van der Waals surface area contributed by atoms with Crippen LogP contribution in [0.4, 0.5) is 0 Å². The first kappa shape index (κ1) is 34.1. The Morgan fingerprint density at radius 3 is 1.46 bits per heavy atom. The van der Waals surface area contributed by atoms with Crippen LogP contribution < -0.4 is 0 Å². The molecule has 10 aromatic carbocycles. The van der Waals surface area contributed by atoms with Crippen molar-refractivity contribution in [2.24, 2.45) is 0 Å². The Labute approximate surface area is 358 Å². The van der Waals surface area contributed by atoms with E-state index in [0.717, 1.165) is 110 Å². The number of para-hydroxylation sites is 2. The second-order valence-corrected chi connectivity index (χ2v) is 16.4. The van der Waals surface area contributed by atoms with Crippen LogP contribution in [0.25, 0.3) is 138 Å². The van der Waals surface area contributed by atoms with Crippen LogP contribution in [-0.4, -0.2) is 19.5 Å². The number of hydrogen-bond donors (Lipinski definition) is 0. The maximum atomic E-state index is 6.99. The Morgan fingerprint density at radius 2 is 0.794 bits per heavy atom. The summed E-state index contributed by atoms with van der Waals surface area (Å²) in [6.07, 6.45) is 0. The van der Waals surface area contributed by atoms with Gasteiger partial charge >= 0.3 is 0 Å². The Kier molecular flexibility index (Phi) is 7.02. The first-order valence-electron chi connectivity index (χ1n) is 21.2. The lowest BCUT2D eigenvalue weighted by Crippen LogP contribution is -2.04. The standard InChI is InChI=1S/C57H32N4O2/c1-2-12-34-27-39(22-21-33(34)11-1)55-58-56(40-23-24-43-41-17-7-9-19-50(41)62-52(43)32-40)60-57(59-55)45-26-25-44-42-18-8-10-20-51(42)63-54(44)53(45)61-48-30-37-15-5-3-13-35(37)28-46(48)47-29-36-14-4-6-16-38(36)31-49(47)61/h1-32H. The van der Waals surface area contributed by atoms with Gasteiger partial charge in [0, 0.05) is 49.0 Å². The van der Waals surface area contributed by atoms with E-state index in [-0.39, 0.29) is 0 Å². The van der Waals surface area contributed by atoms with Crippen LogP contribution in [0.2, 0.25) is 0 Å². The van der Waals surface area contributed by atoms with E-state index in [2.05, 4.69) is 162 Å². The van der Waals surface area contributed by atoms with E-state index in [1.165, 1.54) is 10.8 Å². The number of benzene rings is 10. The molecule has 0 atom stereocenters. The molecule has 6 nitrogen and oxygen atoms in total. The summed E-state index contributed by atoms with van der Waals surface area (Å²) in [6, 6.07) is 68.1. The molecule has 0 saturated carbocycles. The minimum absolute atomic E-state index is 0.529. The molecule has 0 aliphatic rings. The molecule has 0 fully saturated rings. The molecule has 0 aliphatic carbocycles. The third-order valence-electron chi connectivity index (χ3n) is 12.8. The largest absolute Gasteiger partial charge is 0.456 e. The quantitative estimate of drug-likeness (QED) is 0.177. The number of rotatable bonds is 4. The van der Waals surface area contributed by atoms with Gasteiger partial charge in [-0.1, -0.05) is 127 Å². The lowest BCUT2D eigenvalue weighted by atomic mass is 10.0. The molecule has 0 spiro atoms. The van der Waals surface area contributed by atoms with Crippen molar-refractivity contribution in [1.82, 2.24) is 19.5 Å². The lowest BCUT2D eigenvalue weighted by molar-refractivity contribution is 0.666. The van der Waals surface area contributed by atoms with Crippen molar-refractivity contribution in [3.63, 3.8) is 0 Å². The molecule has 0 amide bonds. The average Bonchev–Trinajstić information content (AvgIpc) is 4.00. The van der Waals surface area contributed by atoms with Crippen molar-refractivity contribution in [2.45, 2.75) is 0 Å². The predicted molar refractivity (Wildman–Crippen MR) is 258 cm³/mol. The Bertz CT molecular complexity index is 4140. The summed E-state index contributed by atoms with van der Waals surface area (Å²) in [5.74, 6) is 1.64. The molecule has 4 heterocycles. The van der Waals surface area contributed by atoms with Gasteiger partial charge in [0.1, 0.15) is 22.4 Å². The van der Waals surface area contributed by atoms with E-state index in [4.69, 9.17) is 23.8 Å². The maximum Gasteiger partial charge on any atom is 0.166 e. The number of furan rings is 2. The topological polar surface area (TPSA) is 69.9 Å². The zero-order valence-electron chi connectivity index (χ0n) is 33.6. The summed E-state index contributed by atoms with van der Waals surface area (Å²) in [5.41, 5.74) is 8.71. The third-order valence-corrected chi connectivity index (χ3v) is 12.8. The Balaban J connectivity index is 1.11. The summed E-state index contributed by atoms with van der Waals surface area (Å²) >= 11 is 0. The molecule has 4 aromatic heterocycles. The summed E-state index contributed by atoms with van der Waals surface area (Å²) in [6.45, 7) is 0. The fourth-order valence-corrected chi connectivity index (χ4v) is 9.75. The summed E-state index contributed by atoms with van der Waals surface area (Å²) in [4.78, 5) is 16.0. The van der Waals surface area contributed by atoms with E-state index in [1.54, 1.807) is 0 Å². The summed E-state index contributed by atoms with van der Waals surface area (Å²) in [5, 5.41) is 13.4. The van der Waals surface area contributed by atoms with Gasteiger partial charge in [-0.05, 0) is 99.0 Å². The van der Waals surface area contributed by atoms with Gasteiger partial charge in [-0.25, -0.2) is 15.0 Å². The molecule has 0 unspecified atom stereocenters. The van der Waals surface area contributed by atoms with Gasteiger partial charge < -0.3 is 13.4 Å². The molecule has 63 heavy (non-hydrogen) atoms. The molecule has 14 aromatic rings. The minimum atomic E-state index is 0.529. The second-order valence-electron chi connectivity index (χ2n) is 16.4. The minimum Gasteiger partial charge on any atom is -0.456 e. The lowest BCUT2D eigenvalue weighted by Gasteiger charge is -2.16. The van der Waals surface area contributed by atoms with Crippen molar-refractivity contribution in [1.29, 1.82) is 0 Å². The van der Waals surface area contributed by atoms with E-state index >= 15 is 0 Å². The molecule has 0 aliphatic heterocycles. The van der Waals surface area contributed by atoms with E-state index in [1.807, 2.05) is 36.4 Å². The first-order valence-corrected chi connectivity index (χ1v) is 21.2. The molecule has 6 heteroatoms. The molecular weight excluding hydrogens is 773 g/mol. The smallest absolute Gasteiger partial charge is 0.166 e. The first-order chi connectivity index (χ1) is 31.2. The van der Waals surface area contributed by atoms with Crippen LogP contribution >= 0.6 is 0 Å². The zero-order chi connectivity index (χ0) is 41.2. The predicted octanol–water partition coefficient (Wildman–Crippen LogP) is 15.2. The number of nitrogens with zero attached hydrogens (tertiary/aromatic N) is 4. The number of fused-ring (bicyclic) bond motifs is 12. The molecule has 0 radical (unpaired) electrons. The fraction of sp³-hybridized carbons (Fsp3) is 0. The van der Waals surface area contributed by atoms with Gasteiger partial charge in [-0.2, -0.15) is 0 Å². The fourth-order valence-electron chi connectivity index (χ4n) is 9.75. The van der Waals surface area contributed by atoms with Gasteiger partial charge in [0.2, 0.25) is 0 Å². The monoisotopic (exact) mass is 804 g/mol. The van der Waals surface area contributed by atoms with E-state index < -0.39 is 0 Å². The highest BCUT2D eigenvalue weighted by Gasteiger charge is 2.25. The van der Waals surface area contributed by atoms with Crippen LogP contribution in [-0.2, 0) is 0 Å². The normalized spacial score (nSPS) is 12.1. The van der Waals surface area contributed by atoms with Gasteiger partial charge in [0.05, 0.1) is 11.0 Å². The summed E-state index contributed by atoms with van der Waals surface area (Å²) < 4.78 is 15.8. The van der Waals surface area contributed by atoms with Gasteiger partial charge in [0.25, 0.3) is 0 Å². The van der Waals surface area contributed by atoms with Gasteiger partial charge in [-0.3, -0.25) is 0 Å². The molecule has 0 N–H and O–H groups in total. The van der Waals surface area contributed by atoms with Crippen molar-refractivity contribution in [3.8, 4) is 39.9 Å². The highest BCUT2D eigenvalue weighted by atomic mass is 16.3. The molecule has 0 saturated heterocycles. The van der Waals surface area contributed by atoms with Crippen LogP contribution in [0, 0.1) is 0 Å². The van der Waals surface area contributed by atoms with E-state index in [0.29, 0.717) is 17.5 Å². The molecule has 14 rings (SSSR count).